The lowest BCUT2D eigenvalue weighted by Gasteiger charge is -2.11. The molecule has 0 heterocycles. The summed E-state index contributed by atoms with van der Waals surface area (Å²) in [4.78, 5) is 10.8. The van der Waals surface area contributed by atoms with Crippen LogP contribution in [0.5, 0.6) is 0 Å². The summed E-state index contributed by atoms with van der Waals surface area (Å²) in [6.07, 6.45) is -0.294. The maximum atomic E-state index is 10.8. The van der Waals surface area contributed by atoms with Crippen LogP contribution in [0.1, 0.15) is 13.3 Å². The van der Waals surface area contributed by atoms with Crippen LogP contribution < -0.4 is 0 Å². The van der Waals surface area contributed by atoms with Crippen molar-refractivity contribution in [2.24, 2.45) is 0 Å². The van der Waals surface area contributed by atoms with Gasteiger partial charge in [-0.05, 0) is 6.42 Å². The van der Waals surface area contributed by atoms with E-state index >= 15 is 0 Å². The molecule has 72 valence electrons. The molecule has 0 saturated carbocycles. The van der Waals surface area contributed by atoms with E-state index in [0.717, 1.165) is 0 Å². The summed E-state index contributed by atoms with van der Waals surface area (Å²) in [5.74, 6) is 0.555. The lowest BCUT2D eigenvalue weighted by Crippen LogP contribution is -2.20. The Labute approximate surface area is 81.9 Å². The van der Waals surface area contributed by atoms with Crippen LogP contribution in [0.4, 0.5) is 4.79 Å². The van der Waals surface area contributed by atoms with E-state index in [-0.39, 0.29) is 24.5 Å². The number of rotatable bonds is 5. The smallest absolute Gasteiger partial charge is 0.433 e. The minimum Gasteiger partial charge on any atom is -0.433 e. The highest BCUT2D eigenvalue weighted by atomic mass is 35.5. The first-order valence-electron chi connectivity index (χ1n) is 3.69. The van der Waals surface area contributed by atoms with Crippen LogP contribution >= 0.6 is 23.2 Å². The summed E-state index contributed by atoms with van der Waals surface area (Å²) in [7, 11) is 0. The largest absolute Gasteiger partial charge is 0.508 e. The van der Waals surface area contributed by atoms with Gasteiger partial charge in [-0.25, -0.2) is 4.79 Å². The Bertz CT molecular complexity index is 126. The fraction of sp³-hybridized carbons (Fsp3) is 0.857. The van der Waals surface area contributed by atoms with Gasteiger partial charge in [-0.1, -0.05) is 6.92 Å². The van der Waals surface area contributed by atoms with Crippen molar-refractivity contribution in [1.82, 2.24) is 0 Å². The molecule has 0 spiro atoms. The molecule has 0 radical (unpaired) electrons. The van der Waals surface area contributed by atoms with Crippen LogP contribution in [0.3, 0.4) is 0 Å². The molecule has 0 aliphatic heterocycles. The number of carbonyl (C=O) groups excluding carboxylic acids is 1. The second kappa shape index (κ2) is 7.50. The maximum absolute atomic E-state index is 10.8. The van der Waals surface area contributed by atoms with Gasteiger partial charge in [0, 0.05) is 0 Å². The highest BCUT2D eigenvalue weighted by Gasteiger charge is 2.11. The molecule has 0 N–H and O–H groups in total. The Morgan fingerprint density at radius 2 is 2.17 bits per heavy atom. The molecule has 0 aromatic rings. The molecule has 5 heteroatoms. The quantitative estimate of drug-likeness (QED) is 0.521. The van der Waals surface area contributed by atoms with Gasteiger partial charge in [0.05, 0.1) is 11.8 Å². The standard InChI is InChI=1S/C7H12Cl2O3/c1-2-6(5-9)12-7(10)11-4-3-8/h6H,2-5H2,1H3. The fourth-order valence-electron chi connectivity index (χ4n) is 0.516. The van der Waals surface area contributed by atoms with E-state index in [1.165, 1.54) is 0 Å². The summed E-state index contributed by atoms with van der Waals surface area (Å²) in [5, 5.41) is 0. The van der Waals surface area contributed by atoms with Crippen molar-refractivity contribution >= 4 is 29.4 Å². The Kier molecular flexibility index (Phi) is 7.40. The summed E-state index contributed by atoms with van der Waals surface area (Å²) in [6.45, 7) is 2.04. The Hall–Kier alpha value is -0.150. The molecule has 3 nitrogen and oxygen atoms in total. The van der Waals surface area contributed by atoms with Crippen LogP contribution in [0, 0.1) is 0 Å². The van der Waals surface area contributed by atoms with Crippen molar-refractivity contribution in [2.45, 2.75) is 19.4 Å². The number of alkyl halides is 2. The van der Waals surface area contributed by atoms with Crippen molar-refractivity contribution in [1.29, 1.82) is 0 Å². The third-order valence-corrected chi connectivity index (χ3v) is 1.69. The summed E-state index contributed by atoms with van der Waals surface area (Å²) in [6, 6.07) is 0. The van der Waals surface area contributed by atoms with Crippen molar-refractivity contribution in [3.05, 3.63) is 0 Å². The number of hydrogen-bond acceptors (Lipinski definition) is 3. The number of ether oxygens (including phenoxy) is 2. The predicted octanol–water partition coefficient (Wildman–Crippen LogP) is 2.40. The van der Waals surface area contributed by atoms with E-state index in [1.54, 1.807) is 0 Å². The van der Waals surface area contributed by atoms with Crippen LogP contribution in [0.25, 0.3) is 0 Å². The molecule has 0 aliphatic carbocycles. The van der Waals surface area contributed by atoms with Crippen LogP contribution in [0.15, 0.2) is 0 Å². The Balaban J connectivity index is 3.52. The summed E-state index contributed by atoms with van der Waals surface area (Å²) < 4.78 is 9.37. The van der Waals surface area contributed by atoms with E-state index in [4.69, 9.17) is 27.9 Å². The fourth-order valence-corrected chi connectivity index (χ4v) is 0.874. The molecule has 0 aliphatic rings. The zero-order chi connectivity index (χ0) is 9.40. The molecule has 12 heavy (non-hydrogen) atoms. The summed E-state index contributed by atoms with van der Waals surface area (Å²) in [5.41, 5.74) is 0. The first-order chi connectivity index (χ1) is 5.74. The van der Waals surface area contributed by atoms with E-state index < -0.39 is 6.16 Å². The van der Waals surface area contributed by atoms with Gasteiger partial charge in [0.15, 0.2) is 0 Å². The van der Waals surface area contributed by atoms with Gasteiger partial charge in [-0.15, -0.1) is 23.2 Å². The topological polar surface area (TPSA) is 35.5 Å². The first-order valence-corrected chi connectivity index (χ1v) is 4.76. The minimum absolute atomic E-state index is 0.166. The lowest BCUT2D eigenvalue weighted by molar-refractivity contribution is 0.0326. The van der Waals surface area contributed by atoms with Gasteiger partial charge >= 0.3 is 6.16 Å². The van der Waals surface area contributed by atoms with Crippen molar-refractivity contribution in [2.75, 3.05) is 18.4 Å². The molecule has 0 saturated heterocycles. The number of halogens is 2. The molecule has 0 fully saturated rings. The van der Waals surface area contributed by atoms with Gasteiger partial charge in [0.2, 0.25) is 0 Å². The van der Waals surface area contributed by atoms with E-state index in [9.17, 15) is 4.79 Å². The normalized spacial score (nSPS) is 12.2. The third-order valence-electron chi connectivity index (χ3n) is 1.19. The average Bonchev–Trinajstić information content (AvgIpc) is 2.10. The van der Waals surface area contributed by atoms with Crippen LogP contribution in [-0.2, 0) is 9.47 Å². The maximum Gasteiger partial charge on any atom is 0.508 e. The predicted molar refractivity (Wildman–Crippen MR) is 48.0 cm³/mol. The minimum atomic E-state index is -0.705. The number of hydrogen-bond donors (Lipinski definition) is 0. The lowest BCUT2D eigenvalue weighted by atomic mass is 10.3. The molecule has 0 amide bonds. The van der Waals surface area contributed by atoms with Crippen LogP contribution in [0.2, 0.25) is 0 Å². The van der Waals surface area contributed by atoms with Crippen molar-refractivity contribution in [3.63, 3.8) is 0 Å². The molecular weight excluding hydrogens is 203 g/mol. The number of carbonyl (C=O) groups is 1. The highest BCUT2D eigenvalue weighted by molar-refractivity contribution is 6.18. The molecular formula is C7H12Cl2O3. The molecule has 0 rings (SSSR count). The molecule has 1 unspecified atom stereocenters. The Morgan fingerprint density at radius 3 is 2.58 bits per heavy atom. The molecule has 0 aromatic carbocycles. The van der Waals surface area contributed by atoms with Gasteiger partial charge in [0.1, 0.15) is 12.7 Å². The second-order valence-corrected chi connectivity index (χ2v) is 2.78. The SMILES string of the molecule is CCC(CCl)OC(=O)OCCCl. The monoisotopic (exact) mass is 214 g/mol. The van der Waals surface area contributed by atoms with Crippen molar-refractivity contribution < 1.29 is 14.3 Å². The van der Waals surface area contributed by atoms with Gasteiger partial charge < -0.3 is 9.47 Å². The molecule has 0 bridgehead atoms. The zero-order valence-electron chi connectivity index (χ0n) is 6.89. The van der Waals surface area contributed by atoms with Crippen molar-refractivity contribution in [3.8, 4) is 0 Å². The highest BCUT2D eigenvalue weighted by Crippen LogP contribution is 2.02. The van der Waals surface area contributed by atoms with Gasteiger partial charge in [-0.2, -0.15) is 0 Å². The van der Waals surface area contributed by atoms with Gasteiger partial charge in [0.25, 0.3) is 0 Å². The zero-order valence-corrected chi connectivity index (χ0v) is 8.40. The Morgan fingerprint density at radius 1 is 1.50 bits per heavy atom. The van der Waals surface area contributed by atoms with E-state index in [1.807, 2.05) is 6.92 Å². The van der Waals surface area contributed by atoms with E-state index in [0.29, 0.717) is 6.42 Å². The molecule has 1 atom stereocenters. The average molecular weight is 215 g/mol. The molecule has 0 aromatic heterocycles. The summed E-state index contributed by atoms with van der Waals surface area (Å²) >= 11 is 10.8. The first kappa shape index (κ1) is 11.8. The second-order valence-electron chi connectivity index (χ2n) is 2.09. The van der Waals surface area contributed by atoms with Gasteiger partial charge in [-0.3, -0.25) is 0 Å². The third kappa shape index (κ3) is 5.49. The van der Waals surface area contributed by atoms with E-state index in [2.05, 4.69) is 4.74 Å². The van der Waals surface area contributed by atoms with Crippen LogP contribution in [-0.4, -0.2) is 30.6 Å².